The molecule has 2 rings (SSSR count). The summed E-state index contributed by atoms with van der Waals surface area (Å²) in [6.07, 6.45) is 1.34. The van der Waals surface area contributed by atoms with Crippen molar-refractivity contribution in [2.24, 2.45) is 11.8 Å². The fourth-order valence-electron chi connectivity index (χ4n) is 2.39. The summed E-state index contributed by atoms with van der Waals surface area (Å²) in [5, 5.41) is 0.787. The molecule has 0 saturated carbocycles. The van der Waals surface area contributed by atoms with E-state index in [-0.39, 0.29) is 6.04 Å². The van der Waals surface area contributed by atoms with Crippen LogP contribution in [0.2, 0.25) is 5.02 Å². The van der Waals surface area contributed by atoms with Gasteiger partial charge in [-0.05, 0) is 37.5 Å². The number of hydrazine groups is 1. The molecule has 1 aromatic rings. The number of hydrogen-bond donors (Lipinski definition) is 2. The summed E-state index contributed by atoms with van der Waals surface area (Å²) in [6, 6.07) is 6.21. The molecule has 94 valence electrons. The summed E-state index contributed by atoms with van der Waals surface area (Å²) in [5.74, 6) is 6.08. The molecule has 0 spiro atoms. The van der Waals surface area contributed by atoms with Crippen LogP contribution in [0.25, 0.3) is 0 Å². The predicted molar refractivity (Wildman–Crippen MR) is 69.8 cm³/mol. The average molecular weight is 255 g/mol. The third-order valence-corrected chi connectivity index (χ3v) is 3.84. The number of nitrogens with two attached hydrogens (primary N) is 1. The molecule has 1 aromatic carbocycles. The lowest BCUT2D eigenvalue weighted by Crippen LogP contribution is -2.34. The summed E-state index contributed by atoms with van der Waals surface area (Å²) in [4.78, 5) is 0. The van der Waals surface area contributed by atoms with Crippen molar-refractivity contribution in [3.63, 3.8) is 0 Å². The zero-order chi connectivity index (χ0) is 12.4. The highest BCUT2D eigenvalue weighted by Gasteiger charge is 2.30. The second kappa shape index (κ2) is 5.36. The van der Waals surface area contributed by atoms with Gasteiger partial charge in [0.2, 0.25) is 0 Å². The van der Waals surface area contributed by atoms with Crippen LogP contribution in [0.1, 0.15) is 30.5 Å². The smallest absolute Gasteiger partial charge is 0.0551 e. The molecule has 1 aliphatic heterocycles. The molecule has 3 N–H and O–H groups in total. The third-order valence-electron chi connectivity index (χ3n) is 3.44. The van der Waals surface area contributed by atoms with Gasteiger partial charge >= 0.3 is 0 Å². The summed E-state index contributed by atoms with van der Waals surface area (Å²) >= 11 is 6.15. The van der Waals surface area contributed by atoms with E-state index in [1.54, 1.807) is 0 Å². The Morgan fingerprint density at radius 3 is 2.82 bits per heavy atom. The topological polar surface area (TPSA) is 47.3 Å². The van der Waals surface area contributed by atoms with E-state index in [0.29, 0.717) is 12.0 Å². The number of rotatable bonds is 3. The van der Waals surface area contributed by atoms with Crippen molar-refractivity contribution in [3.05, 3.63) is 34.3 Å². The summed E-state index contributed by atoms with van der Waals surface area (Å²) in [7, 11) is 0. The third kappa shape index (κ3) is 2.80. The van der Waals surface area contributed by atoms with Crippen molar-refractivity contribution in [1.82, 2.24) is 5.43 Å². The highest BCUT2D eigenvalue weighted by Crippen LogP contribution is 2.32. The van der Waals surface area contributed by atoms with Crippen molar-refractivity contribution in [3.8, 4) is 0 Å². The largest absolute Gasteiger partial charge is 0.378 e. The molecule has 0 aliphatic carbocycles. The van der Waals surface area contributed by atoms with Gasteiger partial charge in [0.1, 0.15) is 0 Å². The fraction of sp³-hybridized carbons (Fsp3) is 0.538. The van der Waals surface area contributed by atoms with Crippen LogP contribution in [-0.2, 0) is 4.74 Å². The molecule has 3 nitrogen and oxygen atoms in total. The van der Waals surface area contributed by atoms with E-state index in [1.165, 1.54) is 0 Å². The Morgan fingerprint density at radius 1 is 1.53 bits per heavy atom. The van der Waals surface area contributed by atoms with E-state index in [9.17, 15) is 0 Å². The van der Waals surface area contributed by atoms with E-state index in [0.717, 1.165) is 29.2 Å². The first-order valence-corrected chi connectivity index (χ1v) is 6.33. The molecule has 1 aliphatic rings. The van der Waals surface area contributed by atoms with Crippen LogP contribution in [-0.4, -0.2) is 12.7 Å². The Bertz CT molecular complexity index is 397. The van der Waals surface area contributed by atoms with Crippen LogP contribution in [0, 0.1) is 12.8 Å². The maximum absolute atomic E-state index is 6.15. The normalized spacial score (nSPS) is 26.1. The van der Waals surface area contributed by atoms with Crippen molar-refractivity contribution >= 4 is 11.6 Å². The van der Waals surface area contributed by atoms with Gasteiger partial charge < -0.3 is 4.74 Å². The Hall–Kier alpha value is -0.610. The SMILES string of the molecule is Cc1ccc(C(NN)C2COC(C)C2)cc1Cl. The second-order valence-electron chi connectivity index (χ2n) is 4.79. The predicted octanol–water partition coefficient (Wildman–Crippen LogP) is 2.58. The lowest BCUT2D eigenvalue weighted by molar-refractivity contribution is 0.117. The zero-order valence-corrected chi connectivity index (χ0v) is 11.0. The number of aryl methyl sites for hydroxylation is 1. The van der Waals surface area contributed by atoms with Crippen LogP contribution in [0.3, 0.4) is 0 Å². The van der Waals surface area contributed by atoms with Gasteiger partial charge in [-0.15, -0.1) is 0 Å². The van der Waals surface area contributed by atoms with Gasteiger partial charge in [-0.2, -0.15) is 0 Å². The van der Waals surface area contributed by atoms with E-state index in [2.05, 4.69) is 18.4 Å². The van der Waals surface area contributed by atoms with Crippen molar-refractivity contribution in [2.45, 2.75) is 32.4 Å². The molecule has 3 unspecified atom stereocenters. The first kappa shape index (κ1) is 12.8. The van der Waals surface area contributed by atoms with Crippen LogP contribution in [0.5, 0.6) is 0 Å². The lowest BCUT2D eigenvalue weighted by atomic mass is 9.91. The molecule has 0 bridgehead atoms. The van der Waals surface area contributed by atoms with Gasteiger partial charge in [-0.3, -0.25) is 11.3 Å². The standard InChI is InChI=1S/C13H19ClN2O/c1-8-3-4-10(6-12(8)14)13(16-15)11-5-9(2)17-7-11/h3-4,6,9,11,13,16H,5,7,15H2,1-2H3. The van der Waals surface area contributed by atoms with Gasteiger partial charge in [0.05, 0.1) is 18.8 Å². The van der Waals surface area contributed by atoms with E-state index in [1.807, 2.05) is 19.1 Å². The average Bonchev–Trinajstić information content (AvgIpc) is 2.71. The molecular formula is C13H19ClN2O. The molecule has 0 radical (unpaired) electrons. The molecular weight excluding hydrogens is 236 g/mol. The summed E-state index contributed by atoms with van der Waals surface area (Å²) < 4.78 is 5.60. The molecule has 17 heavy (non-hydrogen) atoms. The molecule has 1 saturated heterocycles. The maximum atomic E-state index is 6.15. The molecule has 0 aromatic heterocycles. The lowest BCUT2D eigenvalue weighted by Gasteiger charge is -2.22. The monoisotopic (exact) mass is 254 g/mol. The van der Waals surface area contributed by atoms with Crippen molar-refractivity contribution < 1.29 is 4.74 Å². The molecule has 4 heteroatoms. The minimum atomic E-state index is 0.109. The Morgan fingerprint density at radius 2 is 2.29 bits per heavy atom. The number of ether oxygens (including phenoxy) is 1. The van der Waals surface area contributed by atoms with E-state index >= 15 is 0 Å². The molecule has 1 fully saturated rings. The number of hydrogen-bond acceptors (Lipinski definition) is 3. The highest BCUT2D eigenvalue weighted by atomic mass is 35.5. The van der Waals surface area contributed by atoms with Crippen molar-refractivity contribution in [1.29, 1.82) is 0 Å². The quantitative estimate of drug-likeness (QED) is 0.644. The van der Waals surface area contributed by atoms with Crippen LogP contribution in [0.4, 0.5) is 0 Å². The van der Waals surface area contributed by atoms with E-state index in [4.69, 9.17) is 22.2 Å². The van der Waals surface area contributed by atoms with Crippen molar-refractivity contribution in [2.75, 3.05) is 6.61 Å². The van der Waals surface area contributed by atoms with Gasteiger partial charge in [-0.25, -0.2) is 0 Å². The van der Waals surface area contributed by atoms with E-state index < -0.39 is 0 Å². The first-order chi connectivity index (χ1) is 8.11. The van der Waals surface area contributed by atoms with Gasteiger partial charge in [0.25, 0.3) is 0 Å². The minimum Gasteiger partial charge on any atom is -0.378 e. The number of benzene rings is 1. The van der Waals surface area contributed by atoms with Crippen LogP contribution in [0.15, 0.2) is 18.2 Å². The molecule has 1 heterocycles. The summed E-state index contributed by atoms with van der Waals surface area (Å²) in [6.45, 7) is 4.84. The summed E-state index contributed by atoms with van der Waals surface area (Å²) in [5.41, 5.74) is 5.10. The Kier molecular flexibility index (Phi) is 4.05. The van der Waals surface area contributed by atoms with Gasteiger partial charge in [0.15, 0.2) is 0 Å². The first-order valence-electron chi connectivity index (χ1n) is 5.95. The highest BCUT2D eigenvalue weighted by molar-refractivity contribution is 6.31. The number of nitrogens with one attached hydrogen (secondary N) is 1. The van der Waals surface area contributed by atoms with Gasteiger partial charge in [-0.1, -0.05) is 23.7 Å². The van der Waals surface area contributed by atoms with Gasteiger partial charge in [0, 0.05) is 10.9 Å². The Labute approximate surface area is 107 Å². The Balaban J connectivity index is 2.20. The minimum absolute atomic E-state index is 0.109. The maximum Gasteiger partial charge on any atom is 0.0551 e. The van der Waals surface area contributed by atoms with Crippen LogP contribution >= 0.6 is 11.6 Å². The fourth-order valence-corrected chi connectivity index (χ4v) is 2.58. The number of halogens is 1. The zero-order valence-electron chi connectivity index (χ0n) is 10.2. The van der Waals surface area contributed by atoms with Crippen LogP contribution < -0.4 is 11.3 Å². The molecule has 3 atom stereocenters. The molecule has 0 amide bonds. The second-order valence-corrected chi connectivity index (χ2v) is 5.20.